The molecule has 16 heavy (non-hydrogen) atoms. The molecule has 1 heteroatoms. The van der Waals surface area contributed by atoms with E-state index >= 15 is 0 Å². The van der Waals surface area contributed by atoms with Gasteiger partial charge in [0.05, 0.1) is 6.10 Å². The van der Waals surface area contributed by atoms with Gasteiger partial charge in [-0.3, -0.25) is 0 Å². The number of hydrogen-bond acceptors (Lipinski definition) is 1. The van der Waals surface area contributed by atoms with Crippen LogP contribution in [0.25, 0.3) is 0 Å². The van der Waals surface area contributed by atoms with Gasteiger partial charge in [0.2, 0.25) is 0 Å². The van der Waals surface area contributed by atoms with Crippen molar-refractivity contribution in [2.45, 2.75) is 52.6 Å². The van der Waals surface area contributed by atoms with Gasteiger partial charge < -0.3 is 4.74 Å². The molecule has 0 bridgehead atoms. The highest BCUT2D eigenvalue weighted by atomic mass is 16.5. The van der Waals surface area contributed by atoms with Crippen molar-refractivity contribution in [3.8, 4) is 0 Å². The maximum atomic E-state index is 5.95. The highest BCUT2D eigenvalue weighted by molar-refractivity contribution is 5.53. The molecule has 2 aliphatic carbocycles. The molecule has 0 fully saturated rings. The summed E-state index contributed by atoms with van der Waals surface area (Å²) >= 11 is 0. The average Bonchev–Trinajstić information content (AvgIpc) is 2.97. The van der Waals surface area contributed by atoms with E-state index in [4.69, 9.17) is 4.74 Å². The van der Waals surface area contributed by atoms with Gasteiger partial charge >= 0.3 is 0 Å². The van der Waals surface area contributed by atoms with Crippen LogP contribution in [0.4, 0.5) is 0 Å². The molecule has 0 aromatic carbocycles. The van der Waals surface area contributed by atoms with Gasteiger partial charge in [0.25, 0.3) is 0 Å². The molecule has 0 saturated carbocycles. The molecular weight excluding hydrogens is 196 g/mol. The molecule has 0 aromatic heterocycles. The van der Waals surface area contributed by atoms with E-state index in [1.807, 2.05) is 0 Å². The quantitative estimate of drug-likeness (QED) is 0.601. The summed E-state index contributed by atoms with van der Waals surface area (Å²) in [7, 11) is 0. The van der Waals surface area contributed by atoms with Crippen molar-refractivity contribution in [3.63, 3.8) is 0 Å². The molecule has 0 aromatic rings. The van der Waals surface area contributed by atoms with E-state index in [-0.39, 0.29) is 0 Å². The van der Waals surface area contributed by atoms with Crippen LogP contribution in [-0.4, -0.2) is 6.10 Å². The van der Waals surface area contributed by atoms with Gasteiger partial charge in [0, 0.05) is 5.92 Å². The number of hydrogen-bond donors (Lipinski definition) is 0. The Kier molecular flexibility index (Phi) is 3.52. The van der Waals surface area contributed by atoms with E-state index < -0.39 is 0 Å². The predicted octanol–water partition coefficient (Wildman–Crippen LogP) is 4.37. The smallest absolute Gasteiger partial charge is 0.119 e. The SMILES string of the molecule is CCCCCC(C)OC1=CC2=C[C@@H]2C(C)=C1. The van der Waals surface area contributed by atoms with E-state index in [1.54, 1.807) is 0 Å². The monoisotopic (exact) mass is 218 g/mol. The lowest BCUT2D eigenvalue weighted by molar-refractivity contribution is 0.129. The maximum Gasteiger partial charge on any atom is 0.119 e. The van der Waals surface area contributed by atoms with Crippen LogP contribution in [0.5, 0.6) is 0 Å². The Hall–Kier alpha value is -0.980. The first-order valence-corrected chi connectivity index (χ1v) is 6.49. The lowest BCUT2D eigenvalue weighted by Crippen LogP contribution is -2.08. The van der Waals surface area contributed by atoms with Crippen LogP contribution < -0.4 is 0 Å². The summed E-state index contributed by atoms with van der Waals surface area (Å²) in [4.78, 5) is 0. The van der Waals surface area contributed by atoms with Gasteiger partial charge in [-0.25, -0.2) is 0 Å². The summed E-state index contributed by atoms with van der Waals surface area (Å²) in [6.07, 6.45) is 12.1. The normalized spacial score (nSPS) is 23.9. The van der Waals surface area contributed by atoms with Crippen LogP contribution in [0.1, 0.15) is 46.5 Å². The van der Waals surface area contributed by atoms with Crippen LogP contribution in [0.3, 0.4) is 0 Å². The van der Waals surface area contributed by atoms with Crippen molar-refractivity contribution < 1.29 is 4.74 Å². The van der Waals surface area contributed by atoms with Crippen LogP contribution >= 0.6 is 0 Å². The summed E-state index contributed by atoms with van der Waals surface area (Å²) in [5.74, 6) is 1.70. The van der Waals surface area contributed by atoms with Crippen molar-refractivity contribution in [1.29, 1.82) is 0 Å². The largest absolute Gasteiger partial charge is 0.491 e. The lowest BCUT2D eigenvalue weighted by atomic mass is 10.0. The molecule has 1 nitrogen and oxygen atoms in total. The summed E-state index contributed by atoms with van der Waals surface area (Å²) in [5.41, 5.74) is 2.86. The minimum atomic E-state index is 0.345. The van der Waals surface area contributed by atoms with Crippen LogP contribution in [0.2, 0.25) is 0 Å². The molecule has 2 aliphatic rings. The molecule has 2 atom stereocenters. The zero-order chi connectivity index (χ0) is 11.5. The third-order valence-corrected chi connectivity index (χ3v) is 3.33. The number of fused-ring (bicyclic) bond motifs is 1. The van der Waals surface area contributed by atoms with Gasteiger partial charge in [0.1, 0.15) is 5.76 Å². The van der Waals surface area contributed by atoms with Crippen LogP contribution in [0.15, 0.2) is 35.1 Å². The zero-order valence-corrected chi connectivity index (χ0v) is 10.6. The molecule has 88 valence electrons. The molecular formula is C15H22O. The lowest BCUT2D eigenvalue weighted by Gasteiger charge is -2.18. The van der Waals surface area contributed by atoms with Gasteiger partial charge in [0.15, 0.2) is 0 Å². The van der Waals surface area contributed by atoms with Crippen molar-refractivity contribution in [1.82, 2.24) is 0 Å². The molecule has 0 heterocycles. The van der Waals surface area contributed by atoms with Crippen molar-refractivity contribution in [2.75, 3.05) is 0 Å². The Labute approximate surface area is 98.9 Å². The second kappa shape index (κ2) is 4.90. The highest BCUT2D eigenvalue weighted by Crippen LogP contribution is 2.41. The van der Waals surface area contributed by atoms with E-state index in [1.165, 1.54) is 36.8 Å². The van der Waals surface area contributed by atoms with Gasteiger partial charge in [-0.2, -0.15) is 0 Å². The molecule has 0 amide bonds. The number of allylic oxidation sites excluding steroid dienone is 5. The van der Waals surface area contributed by atoms with E-state index in [0.717, 1.165) is 5.76 Å². The molecule has 1 unspecified atom stereocenters. The Morgan fingerprint density at radius 3 is 2.81 bits per heavy atom. The summed E-state index contributed by atoms with van der Waals surface area (Å²) in [5, 5.41) is 0. The first-order valence-electron chi connectivity index (χ1n) is 6.49. The fraction of sp³-hybridized carbons (Fsp3) is 0.600. The average molecular weight is 218 g/mol. The Morgan fingerprint density at radius 2 is 2.12 bits per heavy atom. The highest BCUT2D eigenvalue weighted by Gasteiger charge is 2.28. The Morgan fingerprint density at radius 1 is 1.31 bits per heavy atom. The topological polar surface area (TPSA) is 9.23 Å². The summed E-state index contributed by atoms with van der Waals surface area (Å²) in [6, 6.07) is 0. The van der Waals surface area contributed by atoms with Gasteiger partial charge in [-0.15, -0.1) is 0 Å². The Bertz CT molecular complexity index is 346. The van der Waals surface area contributed by atoms with Crippen molar-refractivity contribution in [2.24, 2.45) is 5.92 Å². The zero-order valence-electron chi connectivity index (χ0n) is 10.6. The van der Waals surface area contributed by atoms with Gasteiger partial charge in [-0.05, 0) is 44.4 Å². The molecule has 0 N–H and O–H groups in total. The summed E-state index contributed by atoms with van der Waals surface area (Å²) in [6.45, 7) is 6.60. The fourth-order valence-electron chi connectivity index (χ4n) is 2.24. The van der Waals surface area contributed by atoms with E-state index in [9.17, 15) is 0 Å². The van der Waals surface area contributed by atoms with E-state index in [0.29, 0.717) is 12.0 Å². The van der Waals surface area contributed by atoms with Crippen molar-refractivity contribution >= 4 is 0 Å². The van der Waals surface area contributed by atoms with E-state index in [2.05, 4.69) is 39.0 Å². The second-order valence-electron chi connectivity index (χ2n) is 5.00. The third-order valence-electron chi connectivity index (χ3n) is 3.33. The van der Waals surface area contributed by atoms with Crippen LogP contribution in [0, 0.1) is 5.92 Å². The first-order chi connectivity index (χ1) is 7.70. The number of rotatable bonds is 6. The predicted molar refractivity (Wildman–Crippen MR) is 68.1 cm³/mol. The first kappa shape index (κ1) is 11.5. The van der Waals surface area contributed by atoms with Crippen molar-refractivity contribution in [3.05, 3.63) is 35.1 Å². The molecule has 0 spiro atoms. The number of unbranched alkanes of at least 4 members (excludes halogenated alkanes) is 2. The number of ether oxygens (including phenoxy) is 1. The minimum Gasteiger partial charge on any atom is -0.491 e. The molecule has 0 aliphatic heterocycles. The molecule has 2 rings (SSSR count). The Balaban J connectivity index is 1.79. The molecule has 0 radical (unpaired) electrons. The standard InChI is InChI=1S/C15H22O/c1-4-5-6-7-12(3)16-14-8-11(2)15-10-13(15)9-14/h8-10,12,15H,4-7H2,1-3H3/t12?,15-/m1/s1. The maximum absolute atomic E-state index is 5.95. The van der Waals surface area contributed by atoms with Gasteiger partial charge in [-0.1, -0.05) is 31.4 Å². The fourth-order valence-corrected chi connectivity index (χ4v) is 2.24. The minimum absolute atomic E-state index is 0.345. The second-order valence-corrected chi connectivity index (χ2v) is 5.00. The summed E-state index contributed by atoms with van der Waals surface area (Å²) < 4.78 is 5.95. The van der Waals surface area contributed by atoms with Crippen LogP contribution in [-0.2, 0) is 4.74 Å². The third kappa shape index (κ3) is 2.78. The molecule has 0 saturated heterocycles.